The van der Waals surface area contributed by atoms with E-state index in [9.17, 15) is 0 Å². The van der Waals surface area contributed by atoms with Crippen molar-refractivity contribution in [2.24, 2.45) is 0 Å². The Labute approximate surface area is 172 Å². The van der Waals surface area contributed by atoms with E-state index in [1.165, 1.54) is 0 Å². The Morgan fingerprint density at radius 3 is 3.07 bits per heavy atom. The molecule has 2 aliphatic heterocycles. The Hall–Kier alpha value is -2.40. The zero-order chi connectivity index (χ0) is 19.8. The molecule has 2 aliphatic rings. The van der Waals surface area contributed by atoms with E-state index in [4.69, 9.17) is 25.8 Å². The molecule has 5 heterocycles. The summed E-state index contributed by atoms with van der Waals surface area (Å²) in [5.74, 6) is 0.890. The van der Waals surface area contributed by atoms with Crippen molar-refractivity contribution in [2.45, 2.75) is 19.2 Å². The predicted octanol–water partition coefficient (Wildman–Crippen LogP) is 2.18. The average Bonchev–Trinajstić information content (AvgIpc) is 3.28. The van der Waals surface area contributed by atoms with Gasteiger partial charge >= 0.3 is 0 Å². The highest BCUT2D eigenvalue weighted by molar-refractivity contribution is 6.32. The Bertz CT molecular complexity index is 1000. The van der Waals surface area contributed by atoms with Gasteiger partial charge in [0.2, 0.25) is 11.8 Å². The smallest absolute Gasteiger partial charge is 0.232 e. The van der Waals surface area contributed by atoms with E-state index in [-0.39, 0.29) is 6.23 Å². The SMILES string of the molecule is CCOc1nc(Nc2cnn(C3CN(C4COC4)CCO3)c2Cl)nc2[nH]ccc12. The van der Waals surface area contributed by atoms with Gasteiger partial charge in [-0.3, -0.25) is 4.90 Å². The Kier molecular flexibility index (Phi) is 5.00. The number of aromatic nitrogens is 5. The number of rotatable bonds is 6. The van der Waals surface area contributed by atoms with Crippen molar-refractivity contribution in [3.63, 3.8) is 0 Å². The standard InChI is InChI=1S/C18H22ClN7O3/c1-2-28-17-12-3-4-20-16(12)23-18(24-17)22-13-7-21-26(15(13)19)14-8-25(5-6-29-14)11-9-27-10-11/h3-4,7,11,14H,2,5-6,8-10H2,1H3,(H2,20,22,23,24). The van der Waals surface area contributed by atoms with Gasteiger partial charge in [0, 0.05) is 19.3 Å². The normalized spacial score (nSPS) is 20.7. The lowest BCUT2D eigenvalue weighted by Crippen LogP contribution is -2.54. The van der Waals surface area contributed by atoms with Gasteiger partial charge in [-0.15, -0.1) is 0 Å². The Balaban J connectivity index is 1.36. The number of halogens is 1. The first-order chi connectivity index (χ1) is 14.2. The monoisotopic (exact) mass is 419 g/mol. The molecular weight excluding hydrogens is 398 g/mol. The molecule has 0 bridgehead atoms. The molecule has 5 rings (SSSR count). The summed E-state index contributed by atoms with van der Waals surface area (Å²) in [5, 5.41) is 8.84. The number of fused-ring (bicyclic) bond motifs is 1. The number of nitrogens with one attached hydrogen (secondary N) is 2. The van der Waals surface area contributed by atoms with E-state index < -0.39 is 0 Å². The summed E-state index contributed by atoms with van der Waals surface area (Å²) in [6.45, 7) is 6.20. The van der Waals surface area contributed by atoms with Crippen molar-refractivity contribution in [3.05, 3.63) is 23.6 Å². The van der Waals surface area contributed by atoms with E-state index >= 15 is 0 Å². The zero-order valence-electron chi connectivity index (χ0n) is 16.0. The van der Waals surface area contributed by atoms with Crippen LogP contribution in [0, 0.1) is 0 Å². The van der Waals surface area contributed by atoms with Crippen LogP contribution in [0.15, 0.2) is 18.5 Å². The molecule has 11 heteroatoms. The minimum Gasteiger partial charge on any atom is -0.477 e. The van der Waals surface area contributed by atoms with Crippen LogP contribution in [0.3, 0.4) is 0 Å². The molecule has 0 amide bonds. The highest BCUT2D eigenvalue weighted by Gasteiger charge is 2.32. The molecule has 0 saturated carbocycles. The number of ether oxygens (including phenoxy) is 3. The van der Waals surface area contributed by atoms with E-state index in [1.807, 2.05) is 13.0 Å². The van der Waals surface area contributed by atoms with Crippen LogP contribution < -0.4 is 10.1 Å². The second kappa shape index (κ2) is 7.79. The molecule has 2 fully saturated rings. The number of morpholine rings is 1. The minimum atomic E-state index is -0.252. The summed E-state index contributed by atoms with van der Waals surface area (Å²) < 4.78 is 18.5. The maximum Gasteiger partial charge on any atom is 0.232 e. The molecule has 29 heavy (non-hydrogen) atoms. The third-order valence-corrected chi connectivity index (χ3v) is 5.51. The van der Waals surface area contributed by atoms with Crippen molar-refractivity contribution >= 4 is 34.3 Å². The fraction of sp³-hybridized carbons (Fsp3) is 0.500. The first-order valence-corrected chi connectivity index (χ1v) is 10.0. The van der Waals surface area contributed by atoms with Crippen molar-refractivity contribution in [1.82, 2.24) is 29.6 Å². The van der Waals surface area contributed by atoms with Gasteiger partial charge in [0.25, 0.3) is 0 Å². The van der Waals surface area contributed by atoms with Crippen molar-refractivity contribution < 1.29 is 14.2 Å². The first-order valence-electron chi connectivity index (χ1n) is 9.64. The van der Waals surface area contributed by atoms with Crippen LogP contribution in [-0.4, -0.2) is 75.2 Å². The van der Waals surface area contributed by atoms with Crippen LogP contribution in [0.25, 0.3) is 11.0 Å². The fourth-order valence-corrected chi connectivity index (χ4v) is 3.78. The zero-order valence-corrected chi connectivity index (χ0v) is 16.7. The lowest BCUT2D eigenvalue weighted by Gasteiger charge is -2.41. The van der Waals surface area contributed by atoms with Gasteiger partial charge in [-0.05, 0) is 13.0 Å². The summed E-state index contributed by atoms with van der Waals surface area (Å²) in [5.41, 5.74) is 1.29. The number of hydrogen-bond donors (Lipinski definition) is 2. The molecule has 2 N–H and O–H groups in total. The Morgan fingerprint density at radius 2 is 2.28 bits per heavy atom. The Morgan fingerprint density at radius 1 is 1.38 bits per heavy atom. The molecule has 0 spiro atoms. The second-order valence-electron chi connectivity index (χ2n) is 6.96. The molecular formula is C18H22ClN7O3. The molecule has 154 valence electrons. The second-order valence-corrected chi connectivity index (χ2v) is 7.31. The van der Waals surface area contributed by atoms with E-state index in [0.29, 0.717) is 54.1 Å². The third-order valence-electron chi connectivity index (χ3n) is 5.13. The van der Waals surface area contributed by atoms with Crippen LogP contribution in [0.1, 0.15) is 13.2 Å². The maximum atomic E-state index is 6.60. The molecule has 0 aliphatic carbocycles. The van der Waals surface area contributed by atoms with Crippen molar-refractivity contribution in [3.8, 4) is 5.88 Å². The highest BCUT2D eigenvalue weighted by Crippen LogP contribution is 2.31. The van der Waals surface area contributed by atoms with E-state index in [0.717, 1.165) is 25.1 Å². The molecule has 3 aromatic heterocycles. The molecule has 0 radical (unpaired) electrons. The molecule has 3 aromatic rings. The highest BCUT2D eigenvalue weighted by atomic mass is 35.5. The van der Waals surface area contributed by atoms with Crippen molar-refractivity contribution in [2.75, 3.05) is 44.8 Å². The van der Waals surface area contributed by atoms with Crippen LogP contribution in [0.4, 0.5) is 11.6 Å². The van der Waals surface area contributed by atoms with Crippen LogP contribution in [-0.2, 0) is 9.47 Å². The van der Waals surface area contributed by atoms with Gasteiger partial charge in [-0.25, -0.2) is 4.68 Å². The maximum absolute atomic E-state index is 6.60. The number of anilines is 2. The fourth-order valence-electron chi connectivity index (χ4n) is 3.53. The predicted molar refractivity (Wildman–Crippen MR) is 107 cm³/mol. The van der Waals surface area contributed by atoms with Gasteiger partial charge in [-0.2, -0.15) is 15.1 Å². The molecule has 2 saturated heterocycles. The number of hydrogen-bond acceptors (Lipinski definition) is 8. The lowest BCUT2D eigenvalue weighted by atomic mass is 10.2. The van der Waals surface area contributed by atoms with Crippen molar-refractivity contribution in [1.29, 1.82) is 0 Å². The quantitative estimate of drug-likeness (QED) is 0.626. The summed E-state index contributed by atoms with van der Waals surface area (Å²) in [6, 6.07) is 2.33. The van der Waals surface area contributed by atoms with E-state index in [2.05, 4.69) is 30.3 Å². The molecule has 1 unspecified atom stereocenters. The minimum absolute atomic E-state index is 0.252. The number of aromatic amines is 1. The van der Waals surface area contributed by atoms with Gasteiger partial charge in [0.05, 0.1) is 49.7 Å². The number of H-pyrrole nitrogens is 1. The first kappa shape index (κ1) is 18.6. The van der Waals surface area contributed by atoms with Gasteiger partial charge in [0.1, 0.15) is 5.65 Å². The molecule has 10 nitrogen and oxygen atoms in total. The van der Waals surface area contributed by atoms with E-state index in [1.54, 1.807) is 17.1 Å². The van der Waals surface area contributed by atoms with Crippen LogP contribution in [0.2, 0.25) is 5.15 Å². The largest absolute Gasteiger partial charge is 0.477 e. The number of nitrogens with zero attached hydrogens (tertiary/aromatic N) is 5. The summed E-state index contributed by atoms with van der Waals surface area (Å²) in [4.78, 5) is 14.4. The summed E-state index contributed by atoms with van der Waals surface area (Å²) in [7, 11) is 0. The van der Waals surface area contributed by atoms with Gasteiger partial charge in [-0.1, -0.05) is 11.6 Å². The van der Waals surface area contributed by atoms with Gasteiger partial charge in [0.15, 0.2) is 11.4 Å². The summed E-state index contributed by atoms with van der Waals surface area (Å²) in [6.07, 6.45) is 3.20. The summed E-state index contributed by atoms with van der Waals surface area (Å²) >= 11 is 6.60. The van der Waals surface area contributed by atoms with Gasteiger partial charge < -0.3 is 24.5 Å². The third kappa shape index (κ3) is 3.52. The van der Waals surface area contributed by atoms with Crippen LogP contribution in [0.5, 0.6) is 5.88 Å². The molecule has 0 aromatic carbocycles. The molecule has 1 atom stereocenters. The lowest BCUT2D eigenvalue weighted by molar-refractivity contribution is -0.134. The average molecular weight is 420 g/mol. The topological polar surface area (TPSA) is 102 Å². The van der Waals surface area contributed by atoms with Crippen LogP contribution >= 0.6 is 11.6 Å².